The minimum absolute atomic E-state index is 1.03. The van der Waals surface area contributed by atoms with Crippen molar-refractivity contribution in [2.45, 2.75) is 32.0 Å². The molecule has 52 valence electrons. The van der Waals surface area contributed by atoms with Gasteiger partial charge in [-0.25, -0.2) is 0 Å². The van der Waals surface area contributed by atoms with E-state index in [4.69, 9.17) is 10.4 Å². The molecule has 1 fully saturated rings. The first-order valence-electron chi connectivity index (χ1n) is 5.35. The zero-order valence-electron chi connectivity index (χ0n) is 9.74. The molecule has 0 atom stereocenters. The van der Waals surface area contributed by atoms with Crippen LogP contribution in [0.15, 0.2) is 0 Å². The highest BCUT2D eigenvalue weighted by atomic mass is 28.4. The Bertz CT molecular complexity index is 83.6. The van der Waals surface area contributed by atoms with E-state index in [1.165, 1.54) is 18.9 Å². The average molecular weight is 138 g/mol. The van der Waals surface area contributed by atoms with Gasteiger partial charge in [-0.2, -0.15) is 0 Å². The van der Waals surface area contributed by atoms with Gasteiger partial charge in [-0.15, -0.1) is 0 Å². The van der Waals surface area contributed by atoms with E-state index in [2.05, 4.69) is 13.1 Å². The van der Waals surface area contributed by atoms with E-state index < -0.39 is 8.32 Å². The van der Waals surface area contributed by atoms with Crippen molar-refractivity contribution in [2.75, 3.05) is 6.61 Å². The van der Waals surface area contributed by atoms with Crippen molar-refractivity contribution >= 4 is 8.32 Å². The Hall–Kier alpha value is 0.177. The summed E-state index contributed by atoms with van der Waals surface area (Å²) in [5.41, 5.74) is 0. The molecule has 2 heteroatoms. The Labute approximate surface area is 58.3 Å². The maximum absolute atomic E-state index is 5.60. The molecule has 0 saturated carbocycles. The second kappa shape index (κ2) is 2.19. The molecule has 0 unspecified atom stereocenters. The molecule has 1 saturated heterocycles. The van der Waals surface area contributed by atoms with E-state index in [0.29, 0.717) is 0 Å². The quantitative estimate of drug-likeness (QED) is 0.467. The molecule has 1 aliphatic rings. The van der Waals surface area contributed by atoms with Crippen LogP contribution in [0.5, 0.6) is 0 Å². The van der Waals surface area contributed by atoms with E-state index in [0.717, 1.165) is 6.61 Å². The fraction of sp³-hybridized carbons (Fsp3) is 1.00. The molecule has 8 heavy (non-hydrogen) atoms. The van der Waals surface area contributed by atoms with Crippen molar-refractivity contribution in [1.29, 1.82) is 0 Å². The summed E-state index contributed by atoms with van der Waals surface area (Å²) < 4.78 is 25.6. The van der Waals surface area contributed by atoms with Gasteiger partial charge in [-0.05, 0) is 25.6 Å². The van der Waals surface area contributed by atoms with Crippen molar-refractivity contribution in [3.05, 3.63) is 0 Å². The summed E-state index contributed by atoms with van der Waals surface area (Å²) in [6.07, 6.45) is 2.69. The largest absolute Gasteiger partial charge is 0.417 e. The van der Waals surface area contributed by atoms with Crippen LogP contribution in [0, 0.1) is 0 Å². The summed E-state index contributed by atoms with van der Waals surface area (Å²) in [6.45, 7) is 5.62. The van der Waals surface area contributed by atoms with E-state index >= 15 is 0 Å². The molecule has 0 spiro atoms. The standard InChI is InChI=1S/C6H14OSi.2H2/c1-8(2)6-4-3-5-7-8;;/h3-6H2,1-2H3;2*1H/i;2*1+1D. The Morgan fingerprint density at radius 2 is 2.25 bits per heavy atom. The normalized spacial score (nSPS) is 29.8. The Morgan fingerprint density at radius 1 is 1.50 bits per heavy atom. The fourth-order valence-corrected chi connectivity index (χ4v) is 3.02. The van der Waals surface area contributed by atoms with E-state index in [1.807, 2.05) is 0 Å². The van der Waals surface area contributed by atoms with Gasteiger partial charge in [-0.3, -0.25) is 0 Å². The first kappa shape index (κ1) is 4.07. The first-order chi connectivity index (χ1) is 5.71. The van der Waals surface area contributed by atoms with Gasteiger partial charge in [0.25, 0.3) is 0 Å². The maximum atomic E-state index is 5.60. The molecular weight excluding hydrogens is 116 g/mol. The third-order valence-corrected chi connectivity index (χ3v) is 4.21. The summed E-state index contributed by atoms with van der Waals surface area (Å²) in [5, 5.41) is 0. The third kappa shape index (κ3) is 1.60. The highest BCUT2D eigenvalue weighted by Gasteiger charge is 2.24. The molecule has 0 aliphatic carbocycles. The predicted molar refractivity (Wildman–Crippen MR) is 41.7 cm³/mol. The summed E-state index contributed by atoms with van der Waals surface area (Å²) >= 11 is 0. The molecule has 0 aromatic heterocycles. The lowest BCUT2D eigenvalue weighted by Gasteiger charge is -2.27. The maximum Gasteiger partial charge on any atom is 0.186 e. The van der Waals surface area contributed by atoms with E-state index in [1.54, 1.807) is 0 Å². The molecular formula is C6H18OSi. The Morgan fingerprint density at radius 3 is 2.50 bits per heavy atom. The number of hydrogen-bond acceptors (Lipinski definition) is 1. The summed E-state index contributed by atoms with van der Waals surface area (Å²) in [6, 6.07) is 1.37. The van der Waals surface area contributed by atoms with Gasteiger partial charge >= 0.3 is 0 Å². The van der Waals surface area contributed by atoms with Gasteiger partial charge in [0, 0.05) is 12.5 Å². The van der Waals surface area contributed by atoms with Gasteiger partial charge in [0.15, 0.2) is 8.32 Å². The minimum atomic E-state index is -1.09. The second-order valence-electron chi connectivity index (χ2n) is 3.07. The Kier molecular flexibility index (Phi) is 1.11. The van der Waals surface area contributed by atoms with Crippen LogP contribution < -0.4 is 0 Å². The topological polar surface area (TPSA) is 9.23 Å². The summed E-state index contributed by atoms with van der Waals surface area (Å²) in [5.74, 6) is 0. The predicted octanol–water partition coefficient (Wildman–Crippen LogP) is 2.49. The van der Waals surface area contributed by atoms with Crippen LogP contribution >= 0.6 is 0 Å². The molecule has 0 radical (unpaired) electrons. The molecule has 0 aromatic rings. The zero-order valence-corrected chi connectivity index (χ0v) is 6.74. The molecule has 0 N–H and O–H groups in total. The van der Waals surface area contributed by atoms with Crippen LogP contribution in [0.2, 0.25) is 19.1 Å². The average Bonchev–Trinajstić information content (AvgIpc) is 2.11. The third-order valence-electron chi connectivity index (χ3n) is 1.67. The molecule has 0 amide bonds. The van der Waals surface area contributed by atoms with Gasteiger partial charge in [-0.1, -0.05) is 6.42 Å². The first-order valence-corrected chi connectivity index (χ1v) is 6.46. The summed E-state index contributed by atoms with van der Waals surface area (Å²) in [7, 11) is -1.09. The minimum Gasteiger partial charge on any atom is -0.417 e. The van der Waals surface area contributed by atoms with E-state index in [-0.39, 0.29) is 0 Å². The van der Waals surface area contributed by atoms with Crippen molar-refractivity contribution in [2.24, 2.45) is 0 Å². The lowest BCUT2D eigenvalue weighted by atomic mass is 10.4. The van der Waals surface area contributed by atoms with Crippen LogP contribution in [-0.4, -0.2) is 14.9 Å². The molecule has 1 aliphatic heterocycles. The van der Waals surface area contributed by atoms with Crippen LogP contribution in [0.4, 0.5) is 0 Å². The highest BCUT2D eigenvalue weighted by Crippen LogP contribution is 2.20. The molecule has 0 aromatic carbocycles. The Balaban J connectivity index is 0. The van der Waals surface area contributed by atoms with Crippen LogP contribution in [0.3, 0.4) is 0 Å². The SMILES string of the molecule is C[Si]1(C)CCCCO1.[2H][2H].[2H][2H]. The van der Waals surface area contributed by atoms with Crippen LogP contribution in [0.1, 0.15) is 18.8 Å². The number of rotatable bonds is 0. The van der Waals surface area contributed by atoms with Crippen LogP contribution in [-0.2, 0) is 4.43 Å². The molecule has 0 bridgehead atoms. The lowest BCUT2D eigenvalue weighted by Crippen LogP contribution is -2.33. The number of hydrogen-bond donors (Lipinski definition) is 0. The molecule has 1 nitrogen and oxygen atoms in total. The highest BCUT2D eigenvalue weighted by molar-refractivity contribution is 6.71. The smallest absolute Gasteiger partial charge is 0.186 e. The van der Waals surface area contributed by atoms with Crippen LogP contribution in [0.25, 0.3) is 0 Å². The van der Waals surface area contributed by atoms with Crippen molar-refractivity contribution < 1.29 is 10.4 Å². The summed E-state index contributed by atoms with van der Waals surface area (Å²) in [4.78, 5) is 0. The van der Waals surface area contributed by atoms with Gasteiger partial charge in [0.05, 0.1) is 0 Å². The van der Waals surface area contributed by atoms with Crippen molar-refractivity contribution in [3.63, 3.8) is 0 Å². The lowest BCUT2D eigenvalue weighted by molar-refractivity contribution is 0.275. The van der Waals surface area contributed by atoms with E-state index in [9.17, 15) is 0 Å². The van der Waals surface area contributed by atoms with Crippen molar-refractivity contribution in [1.82, 2.24) is 0 Å². The zero-order chi connectivity index (χ0) is 10.0. The van der Waals surface area contributed by atoms with Gasteiger partial charge < -0.3 is 4.43 Å². The van der Waals surface area contributed by atoms with Gasteiger partial charge in [0.2, 0.25) is 0 Å². The molecule has 1 heterocycles. The monoisotopic (exact) mass is 138 g/mol. The fourth-order valence-electron chi connectivity index (χ4n) is 1.07. The van der Waals surface area contributed by atoms with Crippen molar-refractivity contribution in [3.8, 4) is 0 Å². The molecule has 1 rings (SSSR count). The van der Waals surface area contributed by atoms with Gasteiger partial charge in [0.1, 0.15) is 0 Å². The second-order valence-corrected chi connectivity index (χ2v) is 7.37.